The van der Waals surface area contributed by atoms with Crippen LogP contribution in [-0.4, -0.2) is 37.3 Å². The molecule has 0 aliphatic rings. The van der Waals surface area contributed by atoms with Crippen molar-refractivity contribution in [2.45, 2.75) is 26.2 Å². The summed E-state index contributed by atoms with van der Waals surface area (Å²) in [5.41, 5.74) is 2.67. The first kappa shape index (κ1) is 20.5. The van der Waals surface area contributed by atoms with Crippen molar-refractivity contribution in [2.24, 2.45) is 4.99 Å². The van der Waals surface area contributed by atoms with E-state index in [-0.39, 0.29) is 5.41 Å². The van der Waals surface area contributed by atoms with Crippen LogP contribution in [0.4, 0.5) is 5.82 Å². The number of hydrogen-bond acceptors (Lipinski definition) is 5. The number of nitrogens with zero attached hydrogens (tertiary/aromatic N) is 3. The van der Waals surface area contributed by atoms with Crippen molar-refractivity contribution in [3.05, 3.63) is 59.8 Å². The van der Waals surface area contributed by atoms with E-state index < -0.39 is 0 Å². The number of methoxy groups -OCH3 is 3. The molecule has 6 heteroatoms. The summed E-state index contributed by atoms with van der Waals surface area (Å²) in [6, 6.07) is 15.7. The van der Waals surface area contributed by atoms with Gasteiger partial charge in [-0.15, -0.1) is 0 Å². The molecule has 0 fully saturated rings. The van der Waals surface area contributed by atoms with Crippen LogP contribution in [0.3, 0.4) is 0 Å². The Morgan fingerprint density at radius 1 is 0.897 bits per heavy atom. The molecule has 0 N–H and O–H groups in total. The van der Waals surface area contributed by atoms with Gasteiger partial charge in [-0.1, -0.05) is 39.0 Å². The number of hydrogen-bond donors (Lipinski definition) is 0. The molecular formula is C23H27N3O3. The van der Waals surface area contributed by atoms with E-state index in [1.165, 1.54) is 0 Å². The molecular weight excluding hydrogens is 366 g/mol. The predicted molar refractivity (Wildman–Crippen MR) is 116 cm³/mol. The molecule has 6 nitrogen and oxygen atoms in total. The van der Waals surface area contributed by atoms with Gasteiger partial charge in [0.25, 0.3) is 0 Å². The molecule has 0 amide bonds. The van der Waals surface area contributed by atoms with Crippen LogP contribution in [0.5, 0.6) is 17.2 Å². The molecule has 1 aromatic heterocycles. The lowest BCUT2D eigenvalue weighted by Crippen LogP contribution is -2.12. The molecule has 0 bridgehead atoms. The summed E-state index contributed by atoms with van der Waals surface area (Å²) >= 11 is 0. The summed E-state index contributed by atoms with van der Waals surface area (Å²) in [5.74, 6) is 2.46. The fourth-order valence-corrected chi connectivity index (χ4v) is 2.91. The monoisotopic (exact) mass is 393 g/mol. The average molecular weight is 393 g/mol. The Hall–Kier alpha value is -3.28. The molecule has 0 spiro atoms. The van der Waals surface area contributed by atoms with Gasteiger partial charge in [0, 0.05) is 23.3 Å². The normalized spacial score (nSPS) is 11.7. The van der Waals surface area contributed by atoms with E-state index in [1.807, 2.05) is 53.2 Å². The van der Waals surface area contributed by atoms with Gasteiger partial charge in [0.15, 0.2) is 17.3 Å². The van der Waals surface area contributed by atoms with Crippen LogP contribution in [0.25, 0.3) is 5.69 Å². The molecule has 0 atom stereocenters. The minimum absolute atomic E-state index is 0.0865. The summed E-state index contributed by atoms with van der Waals surface area (Å²) in [6.07, 6.45) is 1.77. The number of para-hydroxylation sites is 1. The second-order valence-electron chi connectivity index (χ2n) is 7.60. The van der Waals surface area contributed by atoms with Crippen molar-refractivity contribution < 1.29 is 14.2 Å². The second-order valence-corrected chi connectivity index (χ2v) is 7.60. The van der Waals surface area contributed by atoms with Crippen molar-refractivity contribution in [1.82, 2.24) is 9.78 Å². The van der Waals surface area contributed by atoms with Crippen molar-refractivity contribution >= 4 is 12.0 Å². The molecule has 0 aliphatic heterocycles. The van der Waals surface area contributed by atoms with Gasteiger partial charge in [0.2, 0.25) is 5.75 Å². The molecule has 152 valence electrons. The van der Waals surface area contributed by atoms with Gasteiger partial charge in [-0.05, 0) is 24.3 Å². The van der Waals surface area contributed by atoms with Crippen molar-refractivity contribution in [3.63, 3.8) is 0 Å². The maximum absolute atomic E-state index is 5.43. The zero-order chi connectivity index (χ0) is 21.0. The molecule has 1 heterocycles. The van der Waals surface area contributed by atoms with Crippen LogP contribution in [-0.2, 0) is 5.41 Å². The Morgan fingerprint density at radius 2 is 1.52 bits per heavy atom. The van der Waals surface area contributed by atoms with Gasteiger partial charge in [-0.2, -0.15) is 5.10 Å². The van der Waals surface area contributed by atoms with E-state index >= 15 is 0 Å². The van der Waals surface area contributed by atoms with Crippen LogP contribution >= 0.6 is 0 Å². The lowest BCUT2D eigenvalue weighted by molar-refractivity contribution is 0.324. The largest absolute Gasteiger partial charge is 0.493 e. The van der Waals surface area contributed by atoms with E-state index in [2.05, 4.69) is 20.8 Å². The molecule has 0 unspecified atom stereocenters. The Balaban J connectivity index is 2.06. The second kappa shape index (κ2) is 8.39. The fraction of sp³-hybridized carbons (Fsp3) is 0.304. The van der Waals surface area contributed by atoms with E-state index in [9.17, 15) is 0 Å². The summed E-state index contributed by atoms with van der Waals surface area (Å²) in [6.45, 7) is 6.41. The molecule has 2 aromatic carbocycles. The highest BCUT2D eigenvalue weighted by atomic mass is 16.5. The SMILES string of the molecule is COc1cc(/C=N/c2cc(C(C)(C)C)nn2-c2ccccc2)cc(OC)c1OC. The molecule has 29 heavy (non-hydrogen) atoms. The van der Waals surface area contributed by atoms with Gasteiger partial charge < -0.3 is 14.2 Å². The first-order valence-corrected chi connectivity index (χ1v) is 9.37. The van der Waals surface area contributed by atoms with E-state index in [4.69, 9.17) is 24.3 Å². The van der Waals surface area contributed by atoms with Gasteiger partial charge in [-0.3, -0.25) is 0 Å². The van der Waals surface area contributed by atoms with E-state index in [0.29, 0.717) is 17.2 Å². The number of rotatable bonds is 6. The van der Waals surface area contributed by atoms with E-state index in [0.717, 1.165) is 22.8 Å². The number of ether oxygens (including phenoxy) is 3. The summed E-state index contributed by atoms with van der Waals surface area (Å²) in [5, 5.41) is 4.79. The standard InChI is InChI=1S/C23H27N3O3/c1-23(2,3)20-14-21(26(25-20)17-10-8-7-9-11-17)24-15-16-12-18(27-4)22(29-6)19(13-16)28-5/h7-15H,1-6H3/b24-15+. The van der Waals surface area contributed by atoms with Crippen molar-refractivity contribution in [2.75, 3.05) is 21.3 Å². The summed E-state index contributed by atoms with van der Waals surface area (Å²) in [4.78, 5) is 4.72. The third-order valence-corrected chi connectivity index (χ3v) is 4.49. The van der Waals surface area contributed by atoms with Crippen LogP contribution in [0.15, 0.2) is 53.5 Å². The average Bonchev–Trinajstić information content (AvgIpc) is 3.16. The lowest BCUT2D eigenvalue weighted by atomic mass is 9.92. The zero-order valence-electron chi connectivity index (χ0n) is 17.8. The van der Waals surface area contributed by atoms with Crippen LogP contribution in [0, 0.1) is 0 Å². The minimum atomic E-state index is -0.0865. The Morgan fingerprint density at radius 3 is 2.03 bits per heavy atom. The fourth-order valence-electron chi connectivity index (χ4n) is 2.91. The molecule has 3 rings (SSSR count). The van der Waals surface area contributed by atoms with Crippen molar-refractivity contribution in [1.29, 1.82) is 0 Å². The topological polar surface area (TPSA) is 57.9 Å². The number of aromatic nitrogens is 2. The van der Waals surface area contributed by atoms with E-state index in [1.54, 1.807) is 27.5 Å². The van der Waals surface area contributed by atoms with Gasteiger partial charge in [0.1, 0.15) is 0 Å². The lowest BCUT2D eigenvalue weighted by Gasteiger charge is -2.14. The zero-order valence-corrected chi connectivity index (χ0v) is 17.8. The van der Waals surface area contributed by atoms with Gasteiger partial charge >= 0.3 is 0 Å². The molecule has 0 saturated heterocycles. The predicted octanol–water partition coefficient (Wildman–Crippen LogP) is 4.95. The smallest absolute Gasteiger partial charge is 0.203 e. The minimum Gasteiger partial charge on any atom is -0.493 e. The Kier molecular flexibility index (Phi) is 5.92. The van der Waals surface area contributed by atoms with Crippen molar-refractivity contribution in [3.8, 4) is 22.9 Å². The third kappa shape index (κ3) is 4.42. The number of aliphatic imine (C=N–C) groups is 1. The van der Waals surface area contributed by atoms with Crippen LogP contribution in [0.1, 0.15) is 32.0 Å². The highest BCUT2D eigenvalue weighted by Gasteiger charge is 2.20. The quantitative estimate of drug-likeness (QED) is 0.556. The highest BCUT2D eigenvalue weighted by molar-refractivity contribution is 5.84. The maximum Gasteiger partial charge on any atom is 0.203 e. The number of benzene rings is 2. The molecule has 0 aliphatic carbocycles. The first-order chi connectivity index (χ1) is 13.9. The third-order valence-electron chi connectivity index (χ3n) is 4.49. The summed E-state index contributed by atoms with van der Waals surface area (Å²) < 4.78 is 18.1. The maximum atomic E-state index is 5.43. The van der Waals surface area contributed by atoms with Gasteiger partial charge in [0.05, 0.1) is 32.7 Å². The van der Waals surface area contributed by atoms with Crippen LogP contribution < -0.4 is 14.2 Å². The molecule has 3 aromatic rings. The first-order valence-electron chi connectivity index (χ1n) is 9.37. The van der Waals surface area contributed by atoms with Crippen LogP contribution in [0.2, 0.25) is 0 Å². The Bertz CT molecular complexity index is 977. The Labute approximate surface area is 171 Å². The molecule has 0 saturated carbocycles. The highest BCUT2D eigenvalue weighted by Crippen LogP contribution is 2.38. The molecule has 0 radical (unpaired) electrons. The van der Waals surface area contributed by atoms with Gasteiger partial charge in [-0.25, -0.2) is 9.67 Å². The summed E-state index contributed by atoms with van der Waals surface area (Å²) in [7, 11) is 4.77.